The molecule has 2 unspecified atom stereocenters. The normalized spacial score (nSPS) is 19.0. The van der Waals surface area contributed by atoms with E-state index in [4.69, 9.17) is 9.72 Å². The van der Waals surface area contributed by atoms with Crippen molar-refractivity contribution in [2.24, 2.45) is 0 Å². The van der Waals surface area contributed by atoms with Crippen LogP contribution in [0.15, 0.2) is 64.6 Å². The first-order valence-corrected chi connectivity index (χ1v) is 16.6. The molecule has 40 heavy (non-hydrogen) atoms. The lowest BCUT2D eigenvalue weighted by atomic mass is 10.1. The molecule has 0 radical (unpaired) electrons. The Morgan fingerprint density at radius 3 is 2.83 bits per heavy atom. The van der Waals surface area contributed by atoms with Gasteiger partial charge in [-0.15, -0.1) is 22.7 Å². The molecule has 6 rings (SSSR count). The van der Waals surface area contributed by atoms with E-state index in [9.17, 15) is 8.42 Å². The van der Waals surface area contributed by atoms with Crippen LogP contribution in [0.25, 0.3) is 0 Å². The molecular formula is C28H32N6O3S3. The number of benzene rings is 1. The van der Waals surface area contributed by atoms with Gasteiger partial charge >= 0.3 is 0 Å². The number of likely N-dealkylation sites (tertiary alicyclic amines) is 1. The van der Waals surface area contributed by atoms with Crippen LogP contribution in [0.2, 0.25) is 0 Å². The molecule has 0 aliphatic carbocycles. The van der Waals surface area contributed by atoms with E-state index in [1.54, 1.807) is 28.8 Å². The van der Waals surface area contributed by atoms with Gasteiger partial charge in [-0.25, -0.2) is 23.4 Å². The Morgan fingerprint density at radius 2 is 2.02 bits per heavy atom. The van der Waals surface area contributed by atoms with Crippen molar-refractivity contribution in [1.29, 1.82) is 0 Å². The molecule has 1 N–H and O–H groups in total. The second-order valence-electron chi connectivity index (χ2n) is 9.91. The van der Waals surface area contributed by atoms with Crippen LogP contribution < -0.4 is 9.62 Å². The van der Waals surface area contributed by atoms with E-state index < -0.39 is 10.0 Å². The molecule has 0 saturated carbocycles. The number of aromatic nitrogens is 3. The van der Waals surface area contributed by atoms with Gasteiger partial charge in [0.05, 0.1) is 30.6 Å². The molecular weight excluding hydrogens is 565 g/mol. The average molecular weight is 597 g/mol. The first-order chi connectivity index (χ1) is 19.5. The molecule has 2 aliphatic heterocycles. The summed E-state index contributed by atoms with van der Waals surface area (Å²) < 4.78 is 34.7. The number of thiophene rings is 1. The van der Waals surface area contributed by atoms with Gasteiger partial charge in [-0.1, -0.05) is 18.2 Å². The Labute approximate surface area is 242 Å². The smallest absolute Gasteiger partial charge is 0.273 e. The quantitative estimate of drug-likeness (QED) is 0.244. The fourth-order valence-corrected chi connectivity index (χ4v) is 8.97. The summed E-state index contributed by atoms with van der Waals surface area (Å²) in [6.45, 7) is 5.82. The van der Waals surface area contributed by atoms with Gasteiger partial charge in [0.1, 0.15) is 15.0 Å². The van der Waals surface area contributed by atoms with Gasteiger partial charge < -0.3 is 10.1 Å². The molecule has 1 fully saturated rings. The summed E-state index contributed by atoms with van der Waals surface area (Å²) >= 11 is 2.95. The molecule has 3 aromatic heterocycles. The summed E-state index contributed by atoms with van der Waals surface area (Å²) in [7, 11) is -3.72. The van der Waals surface area contributed by atoms with Crippen molar-refractivity contribution < 1.29 is 13.2 Å². The molecule has 0 spiro atoms. The van der Waals surface area contributed by atoms with Crippen molar-refractivity contribution in [2.75, 3.05) is 42.5 Å². The zero-order valence-electron chi connectivity index (χ0n) is 22.3. The molecule has 5 heterocycles. The third-order valence-electron chi connectivity index (χ3n) is 7.29. The lowest BCUT2D eigenvalue weighted by Crippen LogP contribution is -2.34. The zero-order chi connectivity index (χ0) is 27.5. The highest BCUT2D eigenvalue weighted by Gasteiger charge is 2.33. The molecule has 12 heteroatoms. The lowest BCUT2D eigenvalue weighted by molar-refractivity contribution is 0.156. The topological polar surface area (TPSA) is 101 Å². The Kier molecular flexibility index (Phi) is 8.12. The largest absolute Gasteiger partial charge is 0.380 e. The SMILES string of the molecule is CCOCCN(c1cccc2c1NC(c1ncc(CN3CCC(c4ncccn4)C3)s1)C2)S(=O)(=O)c1cccs1. The first kappa shape index (κ1) is 27.3. The van der Waals surface area contributed by atoms with E-state index in [0.717, 1.165) is 54.6 Å². The van der Waals surface area contributed by atoms with E-state index in [-0.39, 0.29) is 12.6 Å². The molecule has 210 valence electrons. The third-order valence-corrected chi connectivity index (χ3v) is 11.6. The number of nitrogens with one attached hydrogen (secondary N) is 1. The maximum absolute atomic E-state index is 13.7. The number of ether oxygens (including phenoxy) is 1. The second kappa shape index (κ2) is 11.9. The molecule has 4 aromatic rings. The van der Waals surface area contributed by atoms with E-state index in [1.807, 2.05) is 43.7 Å². The standard InChI is InChI=1S/C28H32N6O3S3/c1-2-37-14-13-34(40(35,36)25-8-4-15-38-25)24-7-3-6-20-16-23(32-26(20)24)28-31-17-22(39-28)19-33-12-9-21(18-33)27-29-10-5-11-30-27/h3-8,10-11,15,17,21,23,32H,2,9,12-14,16,18-19H2,1H3. The van der Waals surface area contributed by atoms with E-state index in [0.29, 0.717) is 29.0 Å². The van der Waals surface area contributed by atoms with E-state index in [1.165, 1.54) is 20.5 Å². The van der Waals surface area contributed by atoms with Crippen molar-refractivity contribution >= 4 is 44.1 Å². The number of sulfonamides is 1. The van der Waals surface area contributed by atoms with E-state index >= 15 is 0 Å². The highest BCUT2D eigenvalue weighted by Crippen LogP contribution is 2.43. The predicted octanol–water partition coefficient (Wildman–Crippen LogP) is 4.93. The zero-order valence-corrected chi connectivity index (χ0v) is 24.7. The van der Waals surface area contributed by atoms with Gasteiger partial charge in [-0.2, -0.15) is 0 Å². The van der Waals surface area contributed by atoms with Crippen LogP contribution in [0, 0.1) is 0 Å². The number of nitrogens with zero attached hydrogens (tertiary/aromatic N) is 5. The number of fused-ring (bicyclic) bond motifs is 1. The highest BCUT2D eigenvalue weighted by atomic mass is 32.2. The fourth-order valence-electron chi connectivity index (χ4n) is 5.39. The highest BCUT2D eigenvalue weighted by molar-refractivity contribution is 7.94. The van der Waals surface area contributed by atoms with Gasteiger partial charge in [0, 0.05) is 55.5 Å². The van der Waals surface area contributed by atoms with Gasteiger partial charge in [0.25, 0.3) is 10.0 Å². The molecule has 0 amide bonds. The molecule has 0 bridgehead atoms. The first-order valence-electron chi connectivity index (χ1n) is 13.5. The second-order valence-corrected chi connectivity index (χ2v) is 14.1. The summed E-state index contributed by atoms with van der Waals surface area (Å²) in [5.41, 5.74) is 2.59. The maximum atomic E-state index is 13.7. The van der Waals surface area contributed by atoms with Crippen LogP contribution in [-0.2, 0) is 27.7 Å². The minimum absolute atomic E-state index is 0.00266. The summed E-state index contributed by atoms with van der Waals surface area (Å²) in [6, 6.07) is 11.1. The fraction of sp³-hybridized carbons (Fsp3) is 0.393. The van der Waals surface area contributed by atoms with Gasteiger partial charge in [-0.3, -0.25) is 9.21 Å². The molecule has 1 aromatic carbocycles. The molecule has 1 saturated heterocycles. The van der Waals surface area contributed by atoms with Crippen LogP contribution in [0.5, 0.6) is 0 Å². The number of thiazole rings is 1. The summed E-state index contributed by atoms with van der Waals surface area (Å²) in [6.07, 6.45) is 7.42. The molecule has 2 aliphatic rings. The molecule has 9 nitrogen and oxygen atoms in total. The van der Waals surface area contributed by atoms with Crippen molar-refractivity contribution in [3.05, 3.63) is 81.6 Å². The Hall–Kier alpha value is -2.90. The number of hydrogen-bond donors (Lipinski definition) is 1. The van der Waals surface area contributed by atoms with Crippen molar-refractivity contribution in [3.63, 3.8) is 0 Å². The minimum Gasteiger partial charge on any atom is -0.380 e. The van der Waals surface area contributed by atoms with E-state index in [2.05, 4.69) is 26.3 Å². The van der Waals surface area contributed by atoms with Gasteiger partial charge in [0.2, 0.25) is 0 Å². The summed E-state index contributed by atoms with van der Waals surface area (Å²) in [5, 5.41) is 6.42. The Morgan fingerprint density at radius 1 is 1.15 bits per heavy atom. The Bertz CT molecular complexity index is 1530. The number of anilines is 2. The summed E-state index contributed by atoms with van der Waals surface area (Å²) in [5.74, 6) is 1.30. The minimum atomic E-state index is -3.72. The van der Waals surface area contributed by atoms with Crippen LogP contribution in [0.3, 0.4) is 0 Å². The van der Waals surface area contributed by atoms with Crippen LogP contribution in [0.4, 0.5) is 11.4 Å². The number of para-hydroxylation sites is 1. The monoisotopic (exact) mass is 596 g/mol. The third kappa shape index (κ3) is 5.64. The van der Waals surface area contributed by atoms with Crippen LogP contribution in [0.1, 0.15) is 46.6 Å². The van der Waals surface area contributed by atoms with Crippen LogP contribution in [-0.4, -0.2) is 61.1 Å². The van der Waals surface area contributed by atoms with Crippen LogP contribution >= 0.6 is 22.7 Å². The number of hydrogen-bond acceptors (Lipinski definition) is 10. The Balaban J connectivity index is 1.17. The molecule has 2 atom stereocenters. The summed E-state index contributed by atoms with van der Waals surface area (Å²) in [4.78, 5) is 17.3. The number of rotatable bonds is 11. The average Bonchev–Trinajstić information content (AvgIpc) is 3.78. The predicted molar refractivity (Wildman–Crippen MR) is 159 cm³/mol. The van der Waals surface area contributed by atoms with Crippen molar-refractivity contribution in [2.45, 2.75) is 42.5 Å². The van der Waals surface area contributed by atoms with Crippen molar-refractivity contribution in [1.82, 2.24) is 19.9 Å². The van der Waals surface area contributed by atoms with Gasteiger partial charge in [-0.05, 0) is 49.0 Å². The lowest BCUT2D eigenvalue weighted by Gasteiger charge is -2.26. The van der Waals surface area contributed by atoms with Crippen molar-refractivity contribution in [3.8, 4) is 0 Å². The van der Waals surface area contributed by atoms with Gasteiger partial charge in [0.15, 0.2) is 0 Å². The maximum Gasteiger partial charge on any atom is 0.273 e.